The van der Waals surface area contributed by atoms with Gasteiger partial charge in [0.15, 0.2) is 0 Å². The zero-order valence-electron chi connectivity index (χ0n) is 10.6. The second-order valence-electron chi connectivity index (χ2n) is 4.12. The molecule has 2 nitrogen and oxygen atoms in total. The van der Waals surface area contributed by atoms with E-state index in [0.717, 1.165) is 5.75 Å². The molecule has 0 aliphatic carbocycles. The van der Waals surface area contributed by atoms with Crippen LogP contribution in [0.5, 0.6) is 0 Å². The van der Waals surface area contributed by atoms with Gasteiger partial charge in [-0.3, -0.25) is 4.79 Å². The van der Waals surface area contributed by atoms with Crippen molar-refractivity contribution in [3.63, 3.8) is 0 Å². The molecule has 0 bridgehead atoms. The Labute approximate surface area is 132 Å². The van der Waals surface area contributed by atoms with Gasteiger partial charge in [0, 0.05) is 5.75 Å². The lowest BCUT2D eigenvalue weighted by atomic mass is 10.2. The van der Waals surface area contributed by atoms with Crippen LogP contribution in [-0.2, 0) is 10.5 Å². The highest BCUT2D eigenvalue weighted by molar-refractivity contribution is 7.99. The molecule has 20 heavy (non-hydrogen) atoms. The van der Waals surface area contributed by atoms with Gasteiger partial charge >= 0.3 is 0 Å². The summed E-state index contributed by atoms with van der Waals surface area (Å²) in [5, 5.41) is 3.63. The lowest BCUT2D eigenvalue weighted by Crippen LogP contribution is -2.14. The van der Waals surface area contributed by atoms with Crippen LogP contribution in [0, 0.1) is 0 Å². The number of carbonyl (C=O) groups excluding carboxylic acids is 1. The molecule has 1 amide bonds. The van der Waals surface area contributed by atoms with Gasteiger partial charge in [0.05, 0.1) is 21.5 Å². The van der Waals surface area contributed by atoms with Crippen LogP contribution in [0.1, 0.15) is 5.56 Å². The number of amides is 1. The van der Waals surface area contributed by atoms with Crippen molar-refractivity contribution >= 4 is 46.6 Å². The number of benzene rings is 2. The highest BCUT2D eigenvalue weighted by atomic mass is 35.5. The van der Waals surface area contributed by atoms with Crippen LogP contribution in [0.2, 0.25) is 10.0 Å². The Morgan fingerprint density at radius 1 is 1.00 bits per heavy atom. The average molecular weight is 326 g/mol. The van der Waals surface area contributed by atoms with Crippen LogP contribution < -0.4 is 5.32 Å². The van der Waals surface area contributed by atoms with Crippen molar-refractivity contribution in [3.05, 3.63) is 64.1 Å². The molecule has 2 aromatic rings. The molecule has 2 rings (SSSR count). The maximum atomic E-state index is 11.9. The van der Waals surface area contributed by atoms with E-state index >= 15 is 0 Å². The highest BCUT2D eigenvalue weighted by Crippen LogP contribution is 2.29. The summed E-state index contributed by atoms with van der Waals surface area (Å²) in [6, 6.07) is 15.1. The van der Waals surface area contributed by atoms with Gasteiger partial charge in [-0.1, -0.05) is 59.6 Å². The number of halogens is 2. The molecule has 0 spiro atoms. The monoisotopic (exact) mass is 325 g/mol. The first-order valence-corrected chi connectivity index (χ1v) is 7.93. The third-order valence-corrected chi connectivity index (χ3v) is 4.21. The Balaban J connectivity index is 1.84. The number of hydrogen-bond acceptors (Lipinski definition) is 2. The van der Waals surface area contributed by atoms with E-state index in [1.807, 2.05) is 30.3 Å². The molecule has 0 unspecified atom stereocenters. The Hall–Kier alpha value is -1.16. The fourth-order valence-corrected chi connectivity index (χ4v) is 2.91. The van der Waals surface area contributed by atoms with Crippen molar-refractivity contribution in [2.75, 3.05) is 11.1 Å². The van der Waals surface area contributed by atoms with Crippen molar-refractivity contribution in [3.8, 4) is 0 Å². The maximum absolute atomic E-state index is 11.9. The van der Waals surface area contributed by atoms with Gasteiger partial charge in [0.2, 0.25) is 5.91 Å². The first-order chi connectivity index (χ1) is 9.66. The smallest absolute Gasteiger partial charge is 0.234 e. The molecule has 0 aromatic heterocycles. The third-order valence-electron chi connectivity index (χ3n) is 2.57. The molecule has 0 atom stereocenters. The molecule has 0 heterocycles. The molecule has 2 aromatic carbocycles. The second-order valence-corrected chi connectivity index (χ2v) is 5.92. The van der Waals surface area contributed by atoms with Gasteiger partial charge in [-0.05, 0) is 17.7 Å². The summed E-state index contributed by atoms with van der Waals surface area (Å²) in [5.41, 5.74) is 1.67. The maximum Gasteiger partial charge on any atom is 0.234 e. The zero-order chi connectivity index (χ0) is 14.4. The van der Waals surface area contributed by atoms with Gasteiger partial charge < -0.3 is 5.32 Å². The van der Waals surface area contributed by atoms with E-state index in [-0.39, 0.29) is 5.91 Å². The van der Waals surface area contributed by atoms with Crippen molar-refractivity contribution in [1.29, 1.82) is 0 Å². The first kappa shape index (κ1) is 15.2. The van der Waals surface area contributed by atoms with E-state index in [4.69, 9.17) is 23.2 Å². The number of para-hydroxylation sites is 1. The van der Waals surface area contributed by atoms with Crippen LogP contribution in [0.4, 0.5) is 5.69 Å². The standard InChI is InChI=1S/C15H13Cl2NOS/c16-12-7-4-8-13(17)15(12)18-14(19)10-20-9-11-5-2-1-3-6-11/h1-8H,9-10H2,(H,18,19). The number of thioether (sulfide) groups is 1. The molecule has 0 aliphatic heterocycles. The summed E-state index contributed by atoms with van der Waals surface area (Å²) in [4.78, 5) is 11.9. The van der Waals surface area contributed by atoms with Gasteiger partial charge in [-0.2, -0.15) is 0 Å². The third kappa shape index (κ3) is 4.44. The van der Waals surface area contributed by atoms with E-state index < -0.39 is 0 Å². The van der Waals surface area contributed by atoms with Crippen LogP contribution in [0.3, 0.4) is 0 Å². The molecular weight excluding hydrogens is 313 g/mol. The molecule has 0 saturated heterocycles. The molecular formula is C15H13Cl2NOS. The molecule has 0 aliphatic rings. The SMILES string of the molecule is O=C(CSCc1ccccc1)Nc1c(Cl)cccc1Cl. The summed E-state index contributed by atoms with van der Waals surface area (Å²) >= 11 is 13.5. The van der Waals surface area contributed by atoms with Gasteiger partial charge in [-0.15, -0.1) is 11.8 Å². The fraction of sp³-hybridized carbons (Fsp3) is 0.133. The van der Waals surface area contributed by atoms with Crippen molar-refractivity contribution in [2.24, 2.45) is 0 Å². The van der Waals surface area contributed by atoms with Crippen LogP contribution in [0.15, 0.2) is 48.5 Å². The molecule has 0 radical (unpaired) electrons. The molecule has 0 saturated carbocycles. The minimum atomic E-state index is -0.110. The first-order valence-electron chi connectivity index (χ1n) is 6.02. The fourth-order valence-electron chi connectivity index (χ4n) is 1.63. The lowest BCUT2D eigenvalue weighted by Gasteiger charge is -2.08. The van der Waals surface area contributed by atoms with Crippen LogP contribution >= 0.6 is 35.0 Å². The van der Waals surface area contributed by atoms with Crippen LogP contribution in [0.25, 0.3) is 0 Å². The minimum Gasteiger partial charge on any atom is -0.323 e. The summed E-state index contributed by atoms with van der Waals surface area (Å²) in [6.07, 6.45) is 0. The normalized spacial score (nSPS) is 10.3. The molecule has 0 fully saturated rings. The number of hydrogen-bond donors (Lipinski definition) is 1. The number of rotatable bonds is 5. The number of anilines is 1. The van der Waals surface area contributed by atoms with Crippen molar-refractivity contribution in [2.45, 2.75) is 5.75 Å². The van der Waals surface area contributed by atoms with Crippen molar-refractivity contribution in [1.82, 2.24) is 0 Å². The quantitative estimate of drug-likeness (QED) is 0.850. The Kier molecular flexibility index (Phi) is 5.77. The van der Waals surface area contributed by atoms with Crippen LogP contribution in [-0.4, -0.2) is 11.7 Å². The Morgan fingerprint density at radius 2 is 1.65 bits per heavy atom. The molecule has 104 valence electrons. The largest absolute Gasteiger partial charge is 0.323 e. The van der Waals surface area contributed by atoms with Gasteiger partial charge in [0.1, 0.15) is 0 Å². The summed E-state index contributed by atoms with van der Waals surface area (Å²) in [7, 11) is 0. The Bertz CT molecular complexity index is 569. The van der Waals surface area contributed by atoms with E-state index in [9.17, 15) is 4.79 Å². The second kappa shape index (κ2) is 7.58. The van der Waals surface area contributed by atoms with E-state index in [2.05, 4.69) is 5.32 Å². The van der Waals surface area contributed by atoms with E-state index in [0.29, 0.717) is 21.5 Å². The summed E-state index contributed by atoms with van der Waals surface area (Å²) < 4.78 is 0. The highest BCUT2D eigenvalue weighted by Gasteiger charge is 2.09. The predicted octanol–water partition coefficient (Wildman–Crippen LogP) is 4.87. The number of nitrogens with one attached hydrogen (secondary N) is 1. The molecule has 1 N–H and O–H groups in total. The Morgan fingerprint density at radius 3 is 2.30 bits per heavy atom. The lowest BCUT2D eigenvalue weighted by molar-refractivity contribution is -0.113. The van der Waals surface area contributed by atoms with Crippen molar-refractivity contribution < 1.29 is 4.79 Å². The van der Waals surface area contributed by atoms with Gasteiger partial charge in [0.25, 0.3) is 0 Å². The van der Waals surface area contributed by atoms with E-state index in [1.165, 1.54) is 5.56 Å². The molecule has 5 heteroatoms. The predicted molar refractivity (Wildman–Crippen MR) is 87.7 cm³/mol. The van der Waals surface area contributed by atoms with E-state index in [1.54, 1.807) is 30.0 Å². The zero-order valence-corrected chi connectivity index (χ0v) is 12.9. The number of carbonyl (C=O) groups is 1. The summed E-state index contributed by atoms with van der Waals surface area (Å²) in [6.45, 7) is 0. The van der Waals surface area contributed by atoms with Gasteiger partial charge in [-0.25, -0.2) is 0 Å². The average Bonchev–Trinajstić information content (AvgIpc) is 2.44. The minimum absolute atomic E-state index is 0.110. The summed E-state index contributed by atoms with van der Waals surface area (Å²) in [5.74, 6) is 1.04. The topological polar surface area (TPSA) is 29.1 Å².